The van der Waals surface area contributed by atoms with Crippen LogP contribution in [0.15, 0.2) is 35.7 Å². The molecule has 2 aliphatic rings. The Morgan fingerprint density at radius 1 is 1.09 bits per heavy atom. The maximum atomic E-state index is 4.82. The van der Waals surface area contributed by atoms with Gasteiger partial charge >= 0.3 is 0 Å². The SMILES string of the molecule is c1ccc(-c2nc(CN3CCC(NCC4CC4)CC3)cs2)cc1. The van der Waals surface area contributed by atoms with Crippen LogP contribution in [0.4, 0.5) is 0 Å². The van der Waals surface area contributed by atoms with E-state index in [2.05, 4.69) is 45.9 Å². The van der Waals surface area contributed by atoms with Gasteiger partial charge in [-0.1, -0.05) is 30.3 Å². The van der Waals surface area contributed by atoms with Gasteiger partial charge in [-0.3, -0.25) is 4.90 Å². The predicted molar refractivity (Wildman–Crippen MR) is 96.6 cm³/mol. The number of piperidine rings is 1. The summed E-state index contributed by atoms with van der Waals surface area (Å²) in [5.41, 5.74) is 2.45. The number of likely N-dealkylation sites (tertiary alicyclic amines) is 1. The van der Waals surface area contributed by atoms with Gasteiger partial charge in [0.1, 0.15) is 5.01 Å². The zero-order chi connectivity index (χ0) is 15.5. The van der Waals surface area contributed by atoms with Gasteiger partial charge in [0.25, 0.3) is 0 Å². The van der Waals surface area contributed by atoms with Gasteiger partial charge in [0.15, 0.2) is 0 Å². The fourth-order valence-corrected chi connectivity index (χ4v) is 4.09. The molecule has 0 atom stereocenters. The molecule has 1 N–H and O–H groups in total. The van der Waals surface area contributed by atoms with Gasteiger partial charge in [0.2, 0.25) is 0 Å². The van der Waals surface area contributed by atoms with E-state index in [0.29, 0.717) is 0 Å². The number of hydrogen-bond acceptors (Lipinski definition) is 4. The highest BCUT2D eigenvalue weighted by Gasteiger charge is 2.24. The fourth-order valence-electron chi connectivity index (χ4n) is 3.27. The first-order chi connectivity index (χ1) is 11.4. The van der Waals surface area contributed by atoms with E-state index in [-0.39, 0.29) is 0 Å². The van der Waals surface area contributed by atoms with Crippen molar-refractivity contribution in [2.75, 3.05) is 19.6 Å². The first-order valence-electron chi connectivity index (χ1n) is 8.82. The second-order valence-electron chi connectivity index (χ2n) is 6.91. The molecule has 2 aromatic rings. The fraction of sp³-hybridized carbons (Fsp3) is 0.526. The van der Waals surface area contributed by atoms with E-state index in [0.717, 1.165) is 23.5 Å². The molecule has 1 saturated heterocycles. The first kappa shape index (κ1) is 15.3. The van der Waals surface area contributed by atoms with Gasteiger partial charge in [0, 0.05) is 36.6 Å². The van der Waals surface area contributed by atoms with Gasteiger partial charge < -0.3 is 5.32 Å². The number of nitrogens with zero attached hydrogens (tertiary/aromatic N) is 2. The van der Waals surface area contributed by atoms with Crippen LogP contribution in [0.25, 0.3) is 10.6 Å². The predicted octanol–water partition coefficient (Wildman–Crippen LogP) is 3.77. The molecule has 0 unspecified atom stereocenters. The Labute approximate surface area is 142 Å². The standard InChI is InChI=1S/C19H25N3S/c1-2-4-16(5-3-1)19-21-18(14-23-19)13-22-10-8-17(9-11-22)20-12-15-6-7-15/h1-5,14-15,17,20H,6-13H2. The van der Waals surface area contributed by atoms with Crippen LogP contribution in [0.3, 0.4) is 0 Å². The van der Waals surface area contributed by atoms with Crippen LogP contribution < -0.4 is 5.32 Å². The van der Waals surface area contributed by atoms with E-state index < -0.39 is 0 Å². The molecule has 2 heterocycles. The van der Waals surface area contributed by atoms with Crippen molar-refractivity contribution in [2.45, 2.75) is 38.3 Å². The molecule has 1 aromatic carbocycles. The van der Waals surface area contributed by atoms with Crippen LogP contribution >= 0.6 is 11.3 Å². The molecule has 1 saturated carbocycles. The Bertz CT molecular complexity index is 613. The maximum absolute atomic E-state index is 4.82. The van der Waals surface area contributed by atoms with Gasteiger partial charge in [-0.2, -0.15) is 0 Å². The zero-order valence-corrected chi connectivity index (χ0v) is 14.4. The third kappa shape index (κ3) is 4.19. The zero-order valence-electron chi connectivity index (χ0n) is 13.6. The number of nitrogens with one attached hydrogen (secondary N) is 1. The molecule has 23 heavy (non-hydrogen) atoms. The number of rotatable bonds is 6. The quantitative estimate of drug-likeness (QED) is 0.875. The highest BCUT2D eigenvalue weighted by molar-refractivity contribution is 7.13. The van der Waals surface area contributed by atoms with Crippen LogP contribution in [-0.4, -0.2) is 35.6 Å². The van der Waals surface area contributed by atoms with E-state index in [9.17, 15) is 0 Å². The lowest BCUT2D eigenvalue weighted by Gasteiger charge is -2.32. The molecule has 0 amide bonds. The van der Waals surface area contributed by atoms with E-state index in [1.807, 2.05) is 0 Å². The summed E-state index contributed by atoms with van der Waals surface area (Å²) in [7, 11) is 0. The summed E-state index contributed by atoms with van der Waals surface area (Å²) < 4.78 is 0. The smallest absolute Gasteiger partial charge is 0.123 e. The van der Waals surface area contributed by atoms with Crippen molar-refractivity contribution in [2.24, 2.45) is 5.92 Å². The Kier molecular flexibility index (Phi) is 4.74. The molecular formula is C19H25N3S. The Morgan fingerprint density at radius 3 is 2.61 bits per heavy atom. The number of aromatic nitrogens is 1. The summed E-state index contributed by atoms with van der Waals surface area (Å²) in [6, 6.07) is 11.2. The average molecular weight is 327 g/mol. The highest BCUT2D eigenvalue weighted by Crippen LogP contribution is 2.28. The topological polar surface area (TPSA) is 28.2 Å². The number of thiazole rings is 1. The molecule has 1 aromatic heterocycles. The van der Waals surface area contributed by atoms with Gasteiger partial charge in [0.05, 0.1) is 5.69 Å². The van der Waals surface area contributed by atoms with Crippen molar-refractivity contribution in [3.63, 3.8) is 0 Å². The molecule has 1 aliphatic carbocycles. The van der Waals surface area contributed by atoms with Crippen LogP contribution in [0, 0.1) is 5.92 Å². The van der Waals surface area contributed by atoms with Crippen molar-refractivity contribution in [1.29, 1.82) is 0 Å². The largest absolute Gasteiger partial charge is 0.314 e. The van der Waals surface area contributed by atoms with Gasteiger partial charge in [-0.25, -0.2) is 4.98 Å². The first-order valence-corrected chi connectivity index (χ1v) is 9.70. The maximum Gasteiger partial charge on any atom is 0.123 e. The highest BCUT2D eigenvalue weighted by atomic mass is 32.1. The van der Waals surface area contributed by atoms with Crippen LogP contribution in [0.5, 0.6) is 0 Å². The summed E-state index contributed by atoms with van der Waals surface area (Å²) in [6.07, 6.45) is 5.45. The Morgan fingerprint density at radius 2 is 1.87 bits per heavy atom. The van der Waals surface area contributed by atoms with Gasteiger partial charge in [-0.05, 0) is 38.1 Å². The molecule has 3 nitrogen and oxygen atoms in total. The summed E-state index contributed by atoms with van der Waals surface area (Å²) >= 11 is 1.76. The van der Waals surface area contributed by atoms with Crippen LogP contribution in [-0.2, 0) is 6.54 Å². The summed E-state index contributed by atoms with van der Waals surface area (Å²) in [4.78, 5) is 7.38. The van der Waals surface area contributed by atoms with Crippen molar-refractivity contribution in [3.8, 4) is 10.6 Å². The Hall–Kier alpha value is -1.23. The second kappa shape index (κ2) is 7.12. The summed E-state index contributed by atoms with van der Waals surface area (Å²) in [5.74, 6) is 0.986. The molecule has 0 radical (unpaired) electrons. The lowest BCUT2D eigenvalue weighted by molar-refractivity contribution is 0.188. The monoisotopic (exact) mass is 327 g/mol. The van der Waals surface area contributed by atoms with E-state index in [1.165, 1.54) is 56.6 Å². The molecule has 2 fully saturated rings. The van der Waals surface area contributed by atoms with Crippen molar-refractivity contribution < 1.29 is 0 Å². The normalized spacial score (nSPS) is 20.0. The molecule has 4 rings (SSSR count). The summed E-state index contributed by atoms with van der Waals surface area (Å²) in [6.45, 7) is 4.64. The minimum Gasteiger partial charge on any atom is -0.314 e. The van der Waals surface area contributed by atoms with Crippen LogP contribution in [0.2, 0.25) is 0 Å². The molecule has 4 heteroatoms. The number of hydrogen-bond donors (Lipinski definition) is 1. The van der Waals surface area contributed by atoms with E-state index in [4.69, 9.17) is 4.98 Å². The summed E-state index contributed by atoms with van der Waals surface area (Å²) in [5, 5.41) is 7.12. The lowest BCUT2D eigenvalue weighted by atomic mass is 10.0. The van der Waals surface area contributed by atoms with Crippen LogP contribution in [0.1, 0.15) is 31.4 Å². The second-order valence-corrected chi connectivity index (χ2v) is 7.77. The minimum atomic E-state index is 0.738. The molecule has 0 bridgehead atoms. The van der Waals surface area contributed by atoms with Gasteiger partial charge in [-0.15, -0.1) is 11.3 Å². The average Bonchev–Trinajstić information content (AvgIpc) is 3.32. The van der Waals surface area contributed by atoms with Crippen molar-refractivity contribution in [1.82, 2.24) is 15.2 Å². The molecular weight excluding hydrogens is 302 g/mol. The molecule has 1 aliphatic heterocycles. The Balaban J connectivity index is 1.27. The third-order valence-electron chi connectivity index (χ3n) is 4.94. The third-order valence-corrected chi connectivity index (χ3v) is 5.88. The van der Waals surface area contributed by atoms with E-state index in [1.54, 1.807) is 11.3 Å². The van der Waals surface area contributed by atoms with E-state index >= 15 is 0 Å². The lowest BCUT2D eigenvalue weighted by Crippen LogP contribution is -2.42. The molecule has 122 valence electrons. The van der Waals surface area contributed by atoms with Crippen molar-refractivity contribution in [3.05, 3.63) is 41.4 Å². The number of benzene rings is 1. The molecule has 0 spiro atoms. The van der Waals surface area contributed by atoms with Crippen molar-refractivity contribution >= 4 is 11.3 Å². The minimum absolute atomic E-state index is 0.738.